The molecule has 1 aliphatic carbocycles. The highest BCUT2D eigenvalue weighted by molar-refractivity contribution is 9.11. The van der Waals surface area contributed by atoms with Crippen LogP contribution in [-0.4, -0.2) is 28.6 Å². The Labute approximate surface area is 119 Å². The summed E-state index contributed by atoms with van der Waals surface area (Å²) in [6, 6.07) is 3.85. The molecule has 0 spiro atoms. The summed E-state index contributed by atoms with van der Waals surface area (Å²) >= 11 is 5.16. The van der Waals surface area contributed by atoms with Crippen LogP contribution in [0.4, 0.5) is 0 Å². The number of carboxylic acids is 1. The van der Waals surface area contributed by atoms with E-state index in [4.69, 9.17) is 0 Å². The summed E-state index contributed by atoms with van der Waals surface area (Å²) in [6.07, 6.45) is 3.50. The molecule has 1 aromatic rings. The maximum atomic E-state index is 11.5. The van der Waals surface area contributed by atoms with Crippen molar-refractivity contribution >= 4 is 33.2 Å². The summed E-state index contributed by atoms with van der Waals surface area (Å²) in [5.41, 5.74) is 0. The normalized spacial score (nSPS) is 31.7. The van der Waals surface area contributed by atoms with Crippen LogP contribution in [0.15, 0.2) is 15.9 Å². The van der Waals surface area contributed by atoms with E-state index in [1.807, 2.05) is 6.07 Å². The van der Waals surface area contributed by atoms with Gasteiger partial charge in [-0.05, 0) is 52.7 Å². The first-order valence-corrected chi connectivity index (χ1v) is 7.97. The molecule has 5 heteroatoms. The highest BCUT2D eigenvalue weighted by atomic mass is 79.9. The lowest BCUT2D eigenvalue weighted by molar-refractivity contribution is -0.143. The van der Waals surface area contributed by atoms with Crippen LogP contribution in [0.1, 0.15) is 24.1 Å². The fraction of sp³-hybridized carbons (Fsp3) is 0.615. The second-order valence-electron chi connectivity index (χ2n) is 5.27. The Hall–Kier alpha value is -0.390. The zero-order valence-corrected chi connectivity index (χ0v) is 12.4. The number of rotatable bonds is 3. The van der Waals surface area contributed by atoms with E-state index < -0.39 is 5.97 Å². The van der Waals surface area contributed by atoms with Crippen LogP contribution < -0.4 is 0 Å². The summed E-state index contributed by atoms with van der Waals surface area (Å²) < 4.78 is 1.11. The lowest BCUT2D eigenvalue weighted by atomic mass is 9.94. The molecule has 2 aliphatic rings. The fourth-order valence-electron chi connectivity index (χ4n) is 3.53. The molecule has 3 unspecified atom stereocenters. The van der Waals surface area contributed by atoms with E-state index in [0.717, 1.165) is 23.3 Å². The van der Waals surface area contributed by atoms with Gasteiger partial charge in [0.25, 0.3) is 0 Å². The molecule has 2 fully saturated rings. The van der Waals surface area contributed by atoms with E-state index in [9.17, 15) is 9.90 Å². The molecule has 98 valence electrons. The molecule has 18 heavy (non-hydrogen) atoms. The zero-order chi connectivity index (χ0) is 12.7. The highest BCUT2D eigenvalue weighted by Gasteiger charge is 2.47. The van der Waals surface area contributed by atoms with Gasteiger partial charge in [-0.1, -0.05) is 6.42 Å². The van der Waals surface area contributed by atoms with Crippen LogP contribution in [0.25, 0.3) is 0 Å². The first-order valence-electron chi connectivity index (χ1n) is 6.36. The van der Waals surface area contributed by atoms with E-state index in [1.165, 1.54) is 17.7 Å². The SMILES string of the molecule is O=C(O)C1C2CCCC2CN1Cc1ccc(Br)s1. The number of carbonyl (C=O) groups is 1. The number of hydrogen-bond acceptors (Lipinski definition) is 3. The minimum atomic E-state index is -0.639. The van der Waals surface area contributed by atoms with Crippen molar-refractivity contribution < 1.29 is 9.90 Å². The largest absolute Gasteiger partial charge is 0.480 e. The number of thiophene rings is 1. The number of aliphatic carboxylic acids is 1. The summed E-state index contributed by atoms with van der Waals surface area (Å²) in [5.74, 6) is 0.348. The summed E-state index contributed by atoms with van der Waals surface area (Å²) in [5, 5.41) is 9.47. The first-order chi connectivity index (χ1) is 8.65. The Morgan fingerprint density at radius 3 is 3.00 bits per heavy atom. The topological polar surface area (TPSA) is 40.5 Å². The molecule has 3 rings (SSSR count). The van der Waals surface area contributed by atoms with Crippen molar-refractivity contribution in [2.75, 3.05) is 6.54 Å². The van der Waals surface area contributed by atoms with Gasteiger partial charge in [0.1, 0.15) is 6.04 Å². The van der Waals surface area contributed by atoms with Crippen molar-refractivity contribution in [3.05, 3.63) is 20.8 Å². The van der Waals surface area contributed by atoms with E-state index in [1.54, 1.807) is 11.3 Å². The molecule has 1 aromatic heterocycles. The summed E-state index contributed by atoms with van der Waals surface area (Å²) in [4.78, 5) is 14.9. The molecule has 1 N–H and O–H groups in total. The van der Waals surface area contributed by atoms with Crippen molar-refractivity contribution in [2.24, 2.45) is 11.8 Å². The highest BCUT2D eigenvalue weighted by Crippen LogP contribution is 2.43. The van der Waals surface area contributed by atoms with E-state index in [-0.39, 0.29) is 6.04 Å². The molecule has 1 saturated carbocycles. The predicted molar refractivity (Wildman–Crippen MR) is 74.7 cm³/mol. The minimum Gasteiger partial charge on any atom is -0.480 e. The quantitative estimate of drug-likeness (QED) is 0.925. The van der Waals surface area contributed by atoms with Gasteiger partial charge < -0.3 is 5.11 Å². The number of fused-ring (bicyclic) bond motifs is 1. The number of nitrogens with zero attached hydrogens (tertiary/aromatic N) is 1. The van der Waals surface area contributed by atoms with E-state index >= 15 is 0 Å². The first kappa shape index (κ1) is 12.6. The van der Waals surface area contributed by atoms with Gasteiger partial charge in [0.05, 0.1) is 3.79 Å². The molecule has 3 atom stereocenters. The number of carboxylic acid groups (broad SMARTS) is 1. The van der Waals surface area contributed by atoms with Gasteiger partial charge in [0, 0.05) is 18.0 Å². The third-order valence-corrected chi connectivity index (χ3v) is 5.84. The smallest absolute Gasteiger partial charge is 0.321 e. The molecular weight excluding hydrogens is 314 g/mol. The number of halogens is 1. The standard InChI is InChI=1S/C13H16BrNO2S/c14-11-5-4-9(18-11)7-15-6-8-2-1-3-10(8)12(15)13(16)17/h4-5,8,10,12H,1-3,6-7H2,(H,16,17). The van der Waals surface area contributed by atoms with Gasteiger partial charge in [-0.2, -0.15) is 0 Å². The minimum absolute atomic E-state index is 0.265. The average Bonchev–Trinajstić information content (AvgIpc) is 2.93. The molecule has 0 amide bonds. The fourth-order valence-corrected chi connectivity index (χ4v) is 5.04. The third-order valence-electron chi connectivity index (χ3n) is 4.23. The Balaban J connectivity index is 1.77. The summed E-state index contributed by atoms with van der Waals surface area (Å²) in [6.45, 7) is 1.73. The Morgan fingerprint density at radius 1 is 1.50 bits per heavy atom. The van der Waals surface area contributed by atoms with Gasteiger partial charge in [-0.3, -0.25) is 9.69 Å². The number of hydrogen-bond donors (Lipinski definition) is 1. The molecule has 1 saturated heterocycles. The lowest BCUT2D eigenvalue weighted by Crippen LogP contribution is -2.38. The molecule has 0 bridgehead atoms. The van der Waals surface area contributed by atoms with Gasteiger partial charge in [0.2, 0.25) is 0 Å². The van der Waals surface area contributed by atoms with Crippen LogP contribution in [0.5, 0.6) is 0 Å². The van der Waals surface area contributed by atoms with E-state index in [2.05, 4.69) is 26.9 Å². The zero-order valence-electron chi connectivity index (χ0n) is 10.0. The van der Waals surface area contributed by atoms with Crippen molar-refractivity contribution in [3.63, 3.8) is 0 Å². The van der Waals surface area contributed by atoms with Gasteiger partial charge in [-0.25, -0.2) is 0 Å². The monoisotopic (exact) mass is 329 g/mol. The lowest BCUT2D eigenvalue weighted by Gasteiger charge is -2.23. The number of likely N-dealkylation sites (tertiary alicyclic amines) is 1. The van der Waals surface area contributed by atoms with Crippen molar-refractivity contribution in [1.82, 2.24) is 4.90 Å². The Kier molecular flexibility index (Phi) is 3.47. The molecule has 0 radical (unpaired) electrons. The predicted octanol–water partition coefficient (Wildman–Crippen LogP) is 3.20. The van der Waals surface area contributed by atoms with Gasteiger partial charge in [-0.15, -0.1) is 11.3 Å². The third kappa shape index (κ3) is 2.24. The molecule has 1 aliphatic heterocycles. The molecule has 2 heterocycles. The summed E-state index contributed by atoms with van der Waals surface area (Å²) in [7, 11) is 0. The Morgan fingerprint density at radius 2 is 2.33 bits per heavy atom. The average molecular weight is 330 g/mol. The van der Waals surface area contributed by atoms with Crippen molar-refractivity contribution in [1.29, 1.82) is 0 Å². The van der Waals surface area contributed by atoms with Crippen LogP contribution >= 0.6 is 27.3 Å². The van der Waals surface area contributed by atoms with Gasteiger partial charge in [0.15, 0.2) is 0 Å². The van der Waals surface area contributed by atoms with Crippen molar-refractivity contribution in [2.45, 2.75) is 31.8 Å². The molecule has 0 aromatic carbocycles. The second kappa shape index (κ2) is 4.94. The Bertz CT molecular complexity index is 462. The van der Waals surface area contributed by atoms with Crippen LogP contribution in [-0.2, 0) is 11.3 Å². The maximum Gasteiger partial charge on any atom is 0.321 e. The second-order valence-corrected chi connectivity index (χ2v) is 7.82. The maximum absolute atomic E-state index is 11.5. The molecule has 3 nitrogen and oxygen atoms in total. The van der Waals surface area contributed by atoms with Crippen LogP contribution in [0.3, 0.4) is 0 Å². The molecular formula is C13H16BrNO2S. The van der Waals surface area contributed by atoms with Crippen molar-refractivity contribution in [3.8, 4) is 0 Å². The van der Waals surface area contributed by atoms with Crippen LogP contribution in [0, 0.1) is 11.8 Å². The van der Waals surface area contributed by atoms with Crippen LogP contribution in [0.2, 0.25) is 0 Å². The van der Waals surface area contributed by atoms with Gasteiger partial charge >= 0.3 is 5.97 Å². The van der Waals surface area contributed by atoms with E-state index in [0.29, 0.717) is 11.8 Å².